The van der Waals surface area contributed by atoms with Crippen molar-refractivity contribution in [3.8, 4) is 51.0 Å². The monoisotopic (exact) mass is 1960 g/mol. The topological polar surface area (TPSA) is 399 Å². The maximum absolute atomic E-state index is 14.0. The number of methoxy groups -OCH3 is 4. The van der Waals surface area contributed by atoms with Crippen molar-refractivity contribution in [3.05, 3.63) is 159 Å². The van der Waals surface area contributed by atoms with Gasteiger partial charge in [0.1, 0.15) is 17.2 Å². The van der Waals surface area contributed by atoms with Crippen molar-refractivity contribution in [2.45, 2.75) is 225 Å². The molecule has 8 atom stereocenters. The minimum absolute atomic E-state index is 0.0289. The Morgan fingerprint density at radius 1 is 0.374 bits per heavy atom. The van der Waals surface area contributed by atoms with Gasteiger partial charge in [-0.15, -0.1) is 0 Å². The summed E-state index contributed by atoms with van der Waals surface area (Å²) in [7, 11) is 4.33. The number of benzene rings is 6. The molecular formula is C102H123N15O19S3. The quantitative estimate of drug-likeness (QED) is 0.0343. The number of aromatic nitrogens is 3. The Kier molecular flexibility index (Phi) is 25.6. The molecule has 6 N–H and O–H groups in total. The number of likely N-dealkylation sites (N-methyl/N-ethyl adjacent to an activating group) is 1. The molecule has 34 nitrogen and oxygen atoms in total. The Hall–Kier alpha value is -11.7. The van der Waals surface area contributed by atoms with Crippen molar-refractivity contribution in [3.63, 3.8) is 0 Å². The first kappa shape index (κ1) is 96.1. The molecule has 9 heterocycles. The second kappa shape index (κ2) is 37.0. The van der Waals surface area contributed by atoms with E-state index in [0.29, 0.717) is 75.5 Å². The lowest BCUT2D eigenvalue weighted by Gasteiger charge is -2.39. The summed E-state index contributed by atoms with van der Waals surface area (Å²) >= 11 is 0. The highest BCUT2D eigenvalue weighted by atomic mass is 32.2. The predicted octanol–water partition coefficient (Wildman–Crippen LogP) is 10.9. The second-order valence-electron chi connectivity index (χ2n) is 40.7. The van der Waals surface area contributed by atoms with Gasteiger partial charge in [0.15, 0.2) is 0 Å². The number of hydrogen-bond donors (Lipinski definition) is 6. The standard InChI is InChI=1S/C37H46N6O6S.C34H41N5O6S.C31H36N4O7S/c1-40(2)50(47,48)39-34(44)23-10-14-28-31(16-23)42-21-37(38-35(45)36(46)43-24-11-12-25(43)20-41(3)19-24)18-30(37)29-17-26(49-4)13-15-27(29)33(42)32(28)22-8-6-5-7-9-22;1-37(2)46(43,44)36-31(40)22-11-13-25-28(17-22)39-20-34(35-32(41)33(42)38-15-7-8-16-38)19-27(34)26-18-23(45-3)12-14-24(26)30(39)29(25)21-9-5-4-6-10-21;1-34(2)43(39,40)33-28(36)19-10-12-22-25(14-19)35-17-31(32-29(37)30(38)42-4)16-24(31)23-15-20(41-3)11-13-21(23)27(35)26(22)18-8-6-5-7-9-18/h10,13-17,22,24-25,30H,5-9,11-12,18-21H2,1-4H3,(H,38,45)(H,39,44);11-14,17-18,21,27H,4-10,15-16,19-20H2,1-3H3,(H,35,41)(H,36,40);10-15,18,24H,5-9,16-17H2,1-4H3,(H,32,37)(H,33,36). The van der Waals surface area contributed by atoms with Crippen molar-refractivity contribution >= 4 is 117 Å². The summed E-state index contributed by atoms with van der Waals surface area (Å²) in [6.45, 7) is 3.89. The molecule has 12 aliphatic rings. The van der Waals surface area contributed by atoms with Crippen LogP contribution in [0.2, 0.25) is 0 Å². The number of piperazine rings is 1. The van der Waals surface area contributed by atoms with Crippen LogP contribution in [0.25, 0.3) is 66.5 Å². The molecule has 9 fully saturated rings. The molecule has 6 aromatic carbocycles. The third kappa shape index (κ3) is 17.7. The number of nitrogens with one attached hydrogen (secondary N) is 6. The summed E-state index contributed by atoms with van der Waals surface area (Å²) in [6.07, 6.45) is 22.2. The van der Waals surface area contributed by atoms with Crippen LogP contribution in [0.1, 0.15) is 241 Å². The lowest BCUT2D eigenvalue weighted by Crippen LogP contribution is -2.59. The zero-order chi connectivity index (χ0) is 98.2. The summed E-state index contributed by atoms with van der Waals surface area (Å²) in [5.41, 5.74) is 13.9. The van der Waals surface area contributed by atoms with E-state index in [4.69, 9.17) is 18.9 Å². The van der Waals surface area contributed by atoms with Crippen LogP contribution in [0.15, 0.2) is 109 Å². The molecule has 2 bridgehead atoms. The molecule has 738 valence electrons. The highest BCUT2D eigenvalue weighted by Gasteiger charge is 2.63. The number of amides is 8. The molecule has 37 heteroatoms. The van der Waals surface area contributed by atoms with Gasteiger partial charge in [0.05, 0.1) is 62.1 Å². The van der Waals surface area contributed by atoms with Gasteiger partial charge in [-0.2, -0.15) is 38.2 Å². The molecule has 6 aliphatic carbocycles. The van der Waals surface area contributed by atoms with E-state index in [2.05, 4.69) is 86.1 Å². The fourth-order valence-electron chi connectivity index (χ4n) is 24.2. The van der Waals surface area contributed by atoms with E-state index >= 15 is 0 Å². The van der Waals surface area contributed by atoms with E-state index in [1.807, 2.05) is 47.4 Å². The van der Waals surface area contributed by atoms with Gasteiger partial charge in [0.2, 0.25) is 0 Å². The number of carbonyl (C=O) groups is 9. The third-order valence-electron chi connectivity index (χ3n) is 31.6. The zero-order valence-electron chi connectivity index (χ0n) is 80.5. The first-order valence-electron chi connectivity index (χ1n) is 48.6. The largest absolute Gasteiger partial charge is 0.497 e. The fraction of sp³-hybridized carbons (Fsp3) is 0.500. The fourth-order valence-corrected chi connectivity index (χ4v) is 25.8. The van der Waals surface area contributed by atoms with Gasteiger partial charge in [0, 0.05) is 184 Å². The molecule has 0 spiro atoms. The number of nitrogens with zero attached hydrogens (tertiary/aromatic N) is 9. The summed E-state index contributed by atoms with van der Waals surface area (Å²) in [5.74, 6) is -3.11. The molecular weight excluding hydrogens is 1840 g/mol. The molecule has 8 amide bonds. The zero-order valence-corrected chi connectivity index (χ0v) is 83.0. The van der Waals surface area contributed by atoms with Gasteiger partial charge in [-0.3, -0.25) is 38.4 Å². The van der Waals surface area contributed by atoms with Crippen molar-refractivity contribution in [2.24, 2.45) is 0 Å². The minimum Gasteiger partial charge on any atom is -0.497 e. The van der Waals surface area contributed by atoms with Crippen LogP contribution < -0.4 is 44.3 Å². The average molecular weight is 1960 g/mol. The lowest BCUT2D eigenvalue weighted by molar-refractivity contribution is -0.153. The number of esters is 1. The number of fused-ring (bicyclic) bond motifs is 23. The minimum atomic E-state index is -4.00. The van der Waals surface area contributed by atoms with Crippen LogP contribution >= 0.6 is 0 Å². The van der Waals surface area contributed by atoms with Crippen molar-refractivity contribution in [1.29, 1.82) is 0 Å². The Balaban J connectivity index is 0.000000133. The maximum Gasteiger partial charge on any atom is 0.396 e. The summed E-state index contributed by atoms with van der Waals surface area (Å²) < 4.78 is 113. The Morgan fingerprint density at radius 3 is 0.986 bits per heavy atom. The van der Waals surface area contributed by atoms with Crippen LogP contribution in [0.4, 0.5) is 0 Å². The smallest absolute Gasteiger partial charge is 0.396 e. The summed E-state index contributed by atoms with van der Waals surface area (Å²) in [5, 5.41) is 12.5. The van der Waals surface area contributed by atoms with Crippen LogP contribution in [0.5, 0.6) is 17.2 Å². The Labute approximate surface area is 809 Å². The number of rotatable bonds is 18. The van der Waals surface area contributed by atoms with Crippen LogP contribution in [0.3, 0.4) is 0 Å². The van der Waals surface area contributed by atoms with E-state index in [1.54, 1.807) is 62.6 Å². The van der Waals surface area contributed by atoms with Crippen molar-refractivity contribution in [1.82, 2.24) is 71.4 Å². The highest BCUT2D eigenvalue weighted by Crippen LogP contribution is 2.64. The van der Waals surface area contributed by atoms with Crippen LogP contribution in [-0.4, -0.2) is 252 Å². The number of ether oxygens (including phenoxy) is 4. The molecule has 6 aliphatic heterocycles. The number of hydrogen-bond acceptors (Lipinski definition) is 20. The first-order chi connectivity index (χ1) is 66.4. The van der Waals surface area contributed by atoms with E-state index in [1.165, 1.54) is 85.3 Å². The van der Waals surface area contributed by atoms with Gasteiger partial charge >= 0.3 is 66.1 Å². The van der Waals surface area contributed by atoms with E-state index in [-0.39, 0.29) is 46.5 Å². The normalized spacial score (nSPS) is 23.5. The van der Waals surface area contributed by atoms with Gasteiger partial charge < -0.3 is 63.3 Å². The number of carbonyl (C=O) groups excluding carboxylic acids is 9. The van der Waals surface area contributed by atoms with E-state index in [9.17, 15) is 68.4 Å². The van der Waals surface area contributed by atoms with Crippen molar-refractivity contribution < 1.29 is 87.4 Å². The SMILES string of the molecule is COC(=O)C(=O)NC12CC1c1cc(OC)ccc1-c1c(C3CCCCC3)c3ccc(C(=O)NS(=O)(=O)N(C)C)cc3n1C2.COc1ccc2c(c1)C1CC1(NC(=O)C(=O)N1C3CCC1CN(C)C3)Cn1c-2c(C2CCCCC2)c2ccc(C(=O)NS(=O)(=O)N(C)C)cc21.COc1ccc2c(c1)C1CC1(NC(=O)C(=O)N1CCCC1)Cn1c-2c(C2CCCCC2)c2ccc(C(=O)NS(=O)(=O)N(C)C)cc21. The summed E-state index contributed by atoms with van der Waals surface area (Å²) in [6, 6.07) is 34.5. The molecule has 3 aromatic heterocycles. The van der Waals surface area contributed by atoms with Gasteiger partial charge in [-0.25, -0.2) is 19.0 Å². The molecule has 6 saturated carbocycles. The van der Waals surface area contributed by atoms with Crippen molar-refractivity contribution in [2.75, 3.05) is 104 Å². The predicted molar refractivity (Wildman–Crippen MR) is 523 cm³/mol. The van der Waals surface area contributed by atoms with Gasteiger partial charge in [0.25, 0.3) is 17.7 Å². The Morgan fingerprint density at radius 2 is 0.683 bits per heavy atom. The van der Waals surface area contributed by atoms with Crippen LogP contribution in [0, 0.1) is 0 Å². The van der Waals surface area contributed by atoms with E-state index < -0.39 is 100 Å². The highest BCUT2D eigenvalue weighted by molar-refractivity contribution is 7.88. The van der Waals surface area contributed by atoms with Gasteiger partial charge in [-0.05, 0) is 233 Å². The average Bonchev–Trinajstić information content (AvgIpc) is 1.53. The van der Waals surface area contributed by atoms with Crippen LogP contribution in [-0.2, 0) is 83.8 Å². The number of likely N-dealkylation sites (tertiary alicyclic amines) is 2. The maximum atomic E-state index is 14.0. The molecule has 9 aromatic rings. The third-order valence-corrected chi connectivity index (χ3v) is 35.8. The molecule has 139 heavy (non-hydrogen) atoms. The Bertz CT molecular complexity index is 6910. The lowest BCUT2D eigenvalue weighted by atomic mass is 9.81. The van der Waals surface area contributed by atoms with Gasteiger partial charge in [-0.1, -0.05) is 76.0 Å². The molecule has 0 radical (unpaired) electrons. The summed E-state index contributed by atoms with van der Waals surface area (Å²) in [4.78, 5) is 125. The molecule has 21 rings (SSSR count). The van der Waals surface area contributed by atoms with E-state index in [0.717, 1.165) is 223 Å². The molecule has 8 unspecified atom stereocenters. The first-order valence-corrected chi connectivity index (χ1v) is 52.9. The molecule has 3 saturated heterocycles. The second-order valence-corrected chi connectivity index (χ2v) is 46.3.